The Morgan fingerprint density at radius 1 is 1.18 bits per heavy atom. The molecule has 0 aliphatic carbocycles. The lowest BCUT2D eigenvalue weighted by atomic mass is 9.89. The number of carboxylic acid groups (broad SMARTS) is 1. The summed E-state index contributed by atoms with van der Waals surface area (Å²) in [5.74, 6) is -0.0465. The van der Waals surface area contributed by atoms with E-state index in [4.69, 9.17) is 9.15 Å². The van der Waals surface area contributed by atoms with Crippen LogP contribution in [0.15, 0.2) is 53.3 Å². The normalized spacial score (nSPS) is 16.1. The fourth-order valence-electron chi connectivity index (χ4n) is 5.59. The Hall–Kier alpha value is -3.62. The van der Waals surface area contributed by atoms with Crippen LogP contribution in [0.3, 0.4) is 0 Å². The summed E-state index contributed by atoms with van der Waals surface area (Å²) in [6, 6.07) is 10.8. The Balaban J connectivity index is 1.69. The number of hydrogen-bond acceptors (Lipinski definition) is 7. The molecule has 2 aromatic heterocycles. The molecule has 3 heterocycles. The van der Waals surface area contributed by atoms with Crippen molar-refractivity contribution < 1.29 is 24.2 Å². The highest BCUT2D eigenvalue weighted by atomic mass is 16.5. The van der Waals surface area contributed by atoms with Crippen molar-refractivity contribution in [2.75, 3.05) is 32.8 Å². The van der Waals surface area contributed by atoms with Gasteiger partial charge in [0.05, 0.1) is 12.6 Å². The molecule has 1 fully saturated rings. The van der Waals surface area contributed by atoms with Crippen LogP contribution in [0, 0.1) is 5.92 Å². The molecule has 1 aliphatic rings. The SMILES string of the molecule is CCCC(CC)COc1cc(C(c2c(O)c3ccccc3c3occ(C(=O)O)c23)N2CCNCC2)ccn1. The quantitative estimate of drug-likeness (QED) is 0.250. The zero-order valence-corrected chi connectivity index (χ0v) is 21.9. The molecule has 200 valence electrons. The van der Waals surface area contributed by atoms with E-state index < -0.39 is 12.0 Å². The van der Waals surface area contributed by atoms with Crippen molar-refractivity contribution in [2.45, 2.75) is 39.2 Å². The summed E-state index contributed by atoms with van der Waals surface area (Å²) < 4.78 is 12.0. The van der Waals surface area contributed by atoms with Gasteiger partial charge in [-0.2, -0.15) is 0 Å². The molecule has 0 amide bonds. The fraction of sp³-hybridized carbons (Fsp3) is 0.400. The van der Waals surface area contributed by atoms with Gasteiger partial charge in [0.1, 0.15) is 23.2 Å². The number of nitrogens with one attached hydrogen (secondary N) is 1. The molecule has 4 aromatic rings. The van der Waals surface area contributed by atoms with Crippen LogP contribution >= 0.6 is 0 Å². The molecular weight excluding hydrogens is 482 g/mol. The van der Waals surface area contributed by atoms with Crippen LogP contribution in [-0.2, 0) is 0 Å². The number of piperazine rings is 1. The number of furan rings is 1. The number of aromatic nitrogens is 1. The van der Waals surface area contributed by atoms with Crippen molar-refractivity contribution in [3.8, 4) is 11.6 Å². The van der Waals surface area contributed by atoms with E-state index in [9.17, 15) is 15.0 Å². The third-order valence-electron chi connectivity index (χ3n) is 7.58. The molecule has 2 unspecified atom stereocenters. The minimum atomic E-state index is -1.10. The van der Waals surface area contributed by atoms with Crippen molar-refractivity contribution in [1.29, 1.82) is 0 Å². The van der Waals surface area contributed by atoms with Gasteiger partial charge in [-0.1, -0.05) is 51.0 Å². The number of aromatic hydroxyl groups is 1. The number of ether oxygens (including phenoxy) is 1. The maximum Gasteiger partial charge on any atom is 0.339 e. The maximum atomic E-state index is 12.3. The van der Waals surface area contributed by atoms with Gasteiger partial charge < -0.3 is 24.7 Å². The summed E-state index contributed by atoms with van der Waals surface area (Å²) >= 11 is 0. The van der Waals surface area contributed by atoms with Gasteiger partial charge in [0.2, 0.25) is 5.88 Å². The molecule has 1 saturated heterocycles. The summed E-state index contributed by atoms with van der Waals surface area (Å²) in [5.41, 5.74) is 1.90. The van der Waals surface area contributed by atoms with Gasteiger partial charge in [-0.15, -0.1) is 0 Å². The van der Waals surface area contributed by atoms with Crippen LogP contribution in [0.5, 0.6) is 11.6 Å². The number of benzene rings is 2. The number of rotatable bonds is 10. The second-order valence-electron chi connectivity index (χ2n) is 9.96. The van der Waals surface area contributed by atoms with Crippen LogP contribution in [0.2, 0.25) is 0 Å². The number of nitrogens with zero attached hydrogens (tertiary/aromatic N) is 2. The van der Waals surface area contributed by atoms with Gasteiger partial charge in [0, 0.05) is 60.2 Å². The van der Waals surface area contributed by atoms with Crippen LogP contribution in [0.1, 0.15) is 60.6 Å². The van der Waals surface area contributed by atoms with Crippen LogP contribution in [0.4, 0.5) is 0 Å². The topological polar surface area (TPSA) is 108 Å². The Morgan fingerprint density at radius 2 is 1.95 bits per heavy atom. The van der Waals surface area contributed by atoms with E-state index in [2.05, 4.69) is 29.0 Å². The van der Waals surface area contributed by atoms with E-state index in [-0.39, 0.29) is 11.3 Å². The maximum absolute atomic E-state index is 12.3. The van der Waals surface area contributed by atoms with Crippen molar-refractivity contribution in [2.24, 2.45) is 5.92 Å². The second kappa shape index (κ2) is 11.4. The number of pyridine rings is 1. The van der Waals surface area contributed by atoms with Crippen molar-refractivity contribution >= 4 is 27.7 Å². The highest BCUT2D eigenvalue weighted by Crippen LogP contribution is 2.46. The lowest BCUT2D eigenvalue weighted by Gasteiger charge is -2.36. The fourth-order valence-corrected chi connectivity index (χ4v) is 5.59. The first-order valence-corrected chi connectivity index (χ1v) is 13.4. The second-order valence-corrected chi connectivity index (χ2v) is 9.96. The van der Waals surface area contributed by atoms with Gasteiger partial charge in [-0.3, -0.25) is 4.90 Å². The van der Waals surface area contributed by atoms with E-state index in [1.54, 1.807) is 6.20 Å². The molecule has 2 aromatic carbocycles. The zero-order valence-electron chi connectivity index (χ0n) is 21.9. The van der Waals surface area contributed by atoms with E-state index in [1.165, 1.54) is 6.26 Å². The minimum Gasteiger partial charge on any atom is -0.507 e. The molecule has 8 nitrogen and oxygen atoms in total. The van der Waals surface area contributed by atoms with Crippen molar-refractivity contribution in [3.63, 3.8) is 0 Å². The minimum absolute atomic E-state index is 0.0343. The van der Waals surface area contributed by atoms with Gasteiger partial charge in [-0.25, -0.2) is 9.78 Å². The predicted molar refractivity (Wildman–Crippen MR) is 147 cm³/mol. The molecule has 0 spiro atoms. The molecular formula is C30H35N3O5. The molecule has 0 radical (unpaired) electrons. The third kappa shape index (κ3) is 4.93. The van der Waals surface area contributed by atoms with Crippen molar-refractivity contribution in [1.82, 2.24) is 15.2 Å². The first-order valence-electron chi connectivity index (χ1n) is 13.4. The molecule has 3 N–H and O–H groups in total. The monoisotopic (exact) mass is 517 g/mol. The molecule has 0 saturated carbocycles. The van der Waals surface area contributed by atoms with Crippen LogP contribution in [-0.4, -0.2) is 58.9 Å². The number of carbonyl (C=O) groups is 1. The number of fused-ring (bicyclic) bond motifs is 3. The Labute approximate surface area is 222 Å². The molecule has 1 aliphatic heterocycles. The first-order chi connectivity index (χ1) is 18.5. The van der Waals surface area contributed by atoms with Gasteiger partial charge >= 0.3 is 5.97 Å². The predicted octanol–water partition coefficient (Wildman–Crippen LogP) is 5.58. The summed E-state index contributed by atoms with van der Waals surface area (Å²) in [5, 5.41) is 26.9. The molecule has 5 rings (SSSR count). The van der Waals surface area contributed by atoms with Crippen LogP contribution in [0.25, 0.3) is 21.7 Å². The van der Waals surface area contributed by atoms with E-state index in [1.807, 2.05) is 36.4 Å². The Morgan fingerprint density at radius 3 is 2.66 bits per heavy atom. The molecule has 0 bridgehead atoms. The van der Waals surface area contributed by atoms with E-state index >= 15 is 0 Å². The van der Waals surface area contributed by atoms with Gasteiger partial charge in [-0.05, 0) is 24.0 Å². The van der Waals surface area contributed by atoms with Crippen molar-refractivity contribution in [3.05, 3.63) is 65.5 Å². The standard InChI is InChI=1S/C30H35N3O5/c1-3-7-19(4-2)17-37-24-16-20(10-11-32-24)27(33-14-12-31-13-15-33)26-25-23(30(35)36)18-38-29(25)22-9-6-5-8-21(22)28(26)34/h5-6,8-11,16,18-19,27,31,34H,3-4,7,12-15,17H2,1-2H3,(H,35,36). The van der Waals surface area contributed by atoms with Crippen LogP contribution < -0.4 is 10.1 Å². The Bertz CT molecular complexity index is 1430. The average molecular weight is 518 g/mol. The number of phenolic OH excluding ortho intramolecular Hbond substituents is 1. The lowest BCUT2D eigenvalue weighted by molar-refractivity contribution is 0.0698. The molecule has 2 atom stereocenters. The summed E-state index contributed by atoms with van der Waals surface area (Å²) in [4.78, 5) is 19.0. The summed E-state index contributed by atoms with van der Waals surface area (Å²) in [6.45, 7) is 7.97. The Kier molecular flexibility index (Phi) is 7.81. The summed E-state index contributed by atoms with van der Waals surface area (Å²) in [7, 11) is 0. The smallest absolute Gasteiger partial charge is 0.339 e. The van der Waals surface area contributed by atoms with Gasteiger partial charge in [0.15, 0.2) is 0 Å². The summed E-state index contributed by atoms with van der Waals surface area (Å²) in [6.07, 6.45) is 6.24. The first kappa shape index (κ1) is 26.0. The highest BCUT2D eigenvalue weighted by molar-refractivity contribution is 6.15. The highest BCUT2D eigenvalue weighted by Gasteiger charge is 2.33. The number of phenols is 1. The van der Waals surface area contributed by atoms with E-state index in [0.29, 0.717) is 45.7 Å². The molecule has 8 heteroatoms. The molecule has 38 heavy (non-hydrogen) atoms. The average Bonchev–Trinajstić information content (AvgIpc) is 3.39. The lowest BCUT2D eigenvalue weighted by Crippen LogP contribution is -2.45. The van der Waals surface area contributed by atoms with E-state index in [0.717, 1.165) is 51.0 Å². The zero-order chi connectivity index (χ0) is 26.6. The number of hydrogen-bond donors (Lipinski definition) is 3. The number of aromatic carboxylic acids is 1. The number of carboxylic acids is 1. The largest absolute Gasteiger partial charge is 0.507 e. The third-order valence-corrected chi connectivity index (χ3v) is 7.58. The van der Waals surface area contributed by atoms with Gasteiger partial charge in [0.25, 0.3) is 0 Å².